The van der Waals surface area contributed by atoms with E-state index in [9.17, 15) is 0 Å². The maximum Gasteiger partial charge on any atom is 0.0587 e. The van der Waals surface area contributed by atoms with Crippen LogP contribution in [0.25, 0.3) is 0 Å². The second-order valence-electron chi connectivity index (χ2n) is 3.70. The van der Waals surface area contributed by atoms with Gasteiger partial charge in [-0.1, -0.05) is 13.8 Å². The predicted octanol–water partition coefficient (Wildman–Crippen LogP) is 1.68. The van der Waals surface area contributed by atoms with Crippen LogP contribution < -0.4 is 5.32 Å². The van der Waals surface area contributed by atoms with Crippen molar-refractivity contribution in [1.82, 2.24) is 5.32 Å². The molecule has 0 aliphatic carbocycles. The molecule has 0 saturated carbocycles. The molecule has 0 aromatic carbocycles. The highest BCUT2D eigenvalue weighted by atomic mass is 16.5. The van der Waals surface area contributed by atoms with Crippen LogP contribution in [0.15, 0.2) is 0 Å². The fourth-order valence-corrected chi connectivity index (χ4v) is 1.16. The summed E-state index contributed by atoms with van der Waals surface area (Å²) >= 11 is 0. The smallest absolute Gasteiger partial charge is 0.0587 e. The molecule has 0 amide bonds. The van der Waals surface area contributed by atoms with E-state index in [-0.39, 0.29) is 0 Å². The van der Waals surface area contributed by atoms with Crippen molar-refractivity contribution in [3.8, 4) is 0 Å². The molecule has 0 bridgehead atoms. The summed E-state index contributed by atoms with van der Waals surface area (Å²) < 4.78 is 10.4. The molecule has 0 spiro atoms. The van der Waals surface area contributed by atoms with Crippen molar-refractivity contribution >= 4 is 0 Å². The minimum absolute atomic E-state index is 0.684. The van der Waals surface area contributed by atoms with Crippen LogP contribution in [-0.2, 0) is 9.47 Å². The van der Waals surface area contributed by atoms with Gasteiger partial charge in [0.15, 0.2) is 0 Å². The number of nitrogens with one attached hydrogen (secondary N) is 1. The van der Waals surface area contributed by atoms with Gasteiger partial charge in [0.1, 0.15) is 0 Å². The van der Waals surface area contributed by atoms with Crippen molar-refractivity contribution in [2.24, 2.45) is 5.92 Å². The monoisotopic (exact) mass is 203 g/mol. The molecule has 0 fully saturated rings. The lowest BCUT2D eigenvalue weighted by molar-refractivity contribution is 0.121. The Morgan fingerprint density at radius 3 is 2.64 bits per heavy atom. The first-order valence-electron chi connectivity index (χ1n) is 5.58. The van der Waals surface area contributed by atoms with Gasteiger partial charge in [0.2, 0.25) is 0 Å². The zero-order chi connectivity index (χ0) is 10.6. The summed E-state index contributed by atoms with van der Waals surface area (Å²) in [4.78, 5) is 0. The van der Waals surface area contributed by atoms with E-state index in [0.717, 1.165) is 45.8 Å². The molecule has 0 aliphatic rings. The lowest BCUT2D eigenvalue weighted by Gasteiger charge is -2.12. The molecule has 0 rings (SSSR count). The first-order chi connectivity index (χ1) is 6.81. The fraction of sp³-hybridized carbons (Fsp3) is 1.00. The highest BCUT2D eigenvalue weighted by Gasteiger charge is 2.00. The molecule has 0 aliphatic heterocycles. The molecule has 1 unspecified atom stereocenters. The minimum atomic E-state index is 0.684. The van der Waals surface area contributed by atoms with Crippen LogP contribution in [0.4, 0.5) is 0 Å². The molecule has 0 saturated heterocycles. The van der Waals surface area contributed by atoms with E-state index in [1.54, 1.807) is 7.11 Å². The van der Waals surface area contributed by atoms with Crippen molar-refractivity contribution in [1.29, 1.82) is 0 Å². The third kappa shape index (κ3) is 9.96. The minimum Gasteiger partial charge on any atom is -0.383 e. The van der Waals surface area contributed by atoms with Gasteiger partial charge in [-0.2, -0.15) is 0 Å². The SMILES string of the molecule is CCCOCCC(C)CNCCOC. The van der Waals surface area contributed by atoms with Gasteiger partial charge in [-0.25, -0.2) is 0 Å². The molecule has 0 heterocycles. The summed E-state index contributed by atoms with van der Waals surface area (Å²) in [5, 5.41) is 3.35. The first-order valence-corrected chi connectivity index (χ1v) is 5.58. The topological polar surface area (TPSA) is 30.5 Å². The molecule has 14 heavy (non-hydrogen) atoms. The average Bonchev–Trinajstić information content (AvgIpc) is 2.19. The normalized spacial score (nSPS) is 13.1. The molecule has 0 radical (unpaired) electrons. The van der Waals surface area contributed by atoms with Crippen molar-refractivity contribution < 1.29 is 9.47 Å². The lowest BCUT2D eigenvalue weighted by atomic mass is 10.1. The average molecular weight is 203 g/mol. The molecule has 1 atom stereocenters. The summed E-state index contributed by atoms with van der Waals surface area (Å²) in [7, 11) is 1.73. The molecule has 3 heteroatoms. The maximum atomic E-state index is 5.43. The van der Waals surface area contributed by atoms with Gasteiger partial charge in [-0.05, 0) is 25.3 Å². The van der Waals surface area contributed by atoms with E-state index >= 15 is 0 Å². The Labute approximate surface area is 88.2 Å². The molecule has 0 aromatic rings. The van der Waals surface area contributed by atoms with Gasteiger partial charge < -0.3 is 14.8 Å². The third-order valence-electron chi connectivity index (χ3n) is 2.08. The Balaban J connectivity index is 3.07. The number of rotatable bonds is 10. The predicted molar refractivity (Wildman–Crippen MR) is 59.6 cm³/mol. The van der Waals surface area contributed by atoms with Crippen LogP contribution in [0.3, 0.4) is 0 Å². The van der Waals surface area contributed by atoms with Crippen LogP contribution in [0.2, 0.25) is 0 Å². The number of ether oxygens (including phenoxy) is 2. The summed E-state index contributed by atoms with van der Waals surface area (Å²) in [6.07, 6.45) is 2.25. The Hall–Kier alpha value is -0.120. The van der Waals surface area contributed by atoms with E-state index in [2.05, 4.69) is 19.2 Å². The van der Waals surface area contributed by atoms with E-state index < -0.39 is 0 Å². The molecular weight excluding hydrogens is 178 g/mol. The van der Waals surface area contributed by atoms with Crippen LogP contribution in [0.1, 0.15) is 26.7 Å². The Bertz CT molecular complexity index is 97.5. The maximum absolute atomic E-state index is 5.43. The molecule has 1 N–H and O–H groups in total. The molecular formula is C11H25NO2. The zero-order valence-corrected chi connectivity index (χ0v) is 9.84. The highest BCUT2D eigenvalue weighted by Crippen LogP contribution is 2.00. The number of hydrogen-bond donors (Lipinski definition) is 1. The quantitative estimate of drug-likeness (QED) is 0.548. The van der Waals surface area contributed by atoms with Crippen LogP contribution in [0, 0.1) is 5.92 Å². The second-order valence-corrected chi connectivity index (χ2v) is 3.70. The largest absolute Gasteiger partial charge is 0.383 e. The zero-order valence-electron chi connectivity index (χ0n) is 9.84. The van der Waals surface area contributed by atoms with Gasteiger partial charge in [0, 0.05) is 26.9 Å². The summed E-state index contributed by atoms with van der Waals surface area (Å²) in [6.45, 7) is 8.95. The van der Waals surface area contributed by atoms with Gasteiger partial charge in [-0.3, -0.25) is 0 Å². The standard InChI is InChI=1S/C11H25NO2/c1-4-7-14-8-5-11(2)10-12-6-9-13-3/h11-12H,4-10H2,1-3H3. The fourth-order valence-electron chi connectivity index (χ4n) is 1.16. The van der Waals surface area contributed by atoms with E-state index in [4.69, 9.17) is 9.47 Å². The van der Waals surface area contributed by atoms with Crippen LogP contribution >= 0.6 is 0 Å². The van der Waals surface area contributed by atoms with Crippen molar-refractivity contribution in [2.75, 3.05) is 40.0 Å². The molecule has 0 aromatic heterocycles. The van der Waals surface area contributed by atoms with Crippen molar-refractivity contribution in [3.05, 3.63) is 0 Å². The number of methoxy groups -OCH3 is 1. The van der Waals surface area contributed by atoms with E-state index in [1.165, 1.54) is 0 Å². The summed E-state index contributed by atoms with van der Waals surface area (Å²) in [5.74, 6) is 0.684. The molecule has 3 nitrogen and oxygen atoms in total. The number of hydrogen-bond acceptors (Lipinski definition) is 3. The second kappa shape index (κ2) is 11.0. The Morgan fingerprint density at radius 1 is 1.21 bits per heavy atom. The summed E-state index contributed by atoms with van der Waals surface area (Å²) in [6, 6.07) is 0. The van der Waals surface area contributed by atoms with Crippen LogP contribution in [-0.4, -0.2) is 40.0 Å². The van der Waals surface area contributed by atoms with Crippen molar-refractivity contribution in [3.63, 3.8) is 0 Å². The van der Waals surface area contributed by atoms with Crippen LogP contribution in [0.5, 0.6) is 0 Å². The highest BCUT2D eigenvalue weighted by molar-refractivity contribution is 4.56. The first kappa shape index (κ1) is 13.9. The third-order valence-corrected chi connectivity index (χ3v) is 2.08. The van der Waals surface area contributed by atoms with E-state index in [0.29, 0.717) is 5.92 Å². The molecule has 86 valence electrons. The van der Waals surface area contributed by atoms with Gasteiger partial charge in [0.25, 0.3) is 0 Å². The Morgan fingerprint density at radius 2 is 2.00 bits per heavy atom. The van der Waals surface area contributed by atoms with Gasteiger partial charge in [0.05, 0.1) is 6.61 Å². The van der Waals surface area contributed by atoms with E-state index in [1.807, 2.05) is 0 Å². The lowest BCUT2D eigenvalue weighted by Crippen LogP contribution is -2.25. The van der Waals surface area contributed by atoms with Crippen molar-refractivity contribution in [2.45, 2.75) is 26.7 Å². The Kier molecular flexibility index (Phi) is 10.9. The van der Waals surface area contributed by atoms with Gasteiger partial charge >= 0.3 is 0 Å². The van der Waals surface area contributed by atoms with Gasteiger partial charge in [-0.15, -0.1) is 0 Å². The summed E-state index contributed by atoms with van der Waals surface area (Å²) in [5.41, 5.74) is 0.